The molecule has 0 saturated carbocycles. The predicted octanol–water partition coefficient (Wildman–Crippen LogP) is 3.46. The minimum atomic E-state index is 0.151. The lowest BCUT2D eigenvalue weighted by molar-refractivity contribution is 0.318. The lowest BCUT2D eigenvalue weighted by Gasteiger charge is -1.99. The third kappa shape index (κ3) is 5.29. The van der Waals surface area contributed by atoms with Crippen LogP contribution >= 0.6 is 0 Å². The zero-order chi connectivity index (χ0) is 16.4. The smallest absolute Gasteiger partial charge is 0.170 e. The molecule has 0 atom stereocenters. The van der Waals surface area contributed by atoms with E-state index in [1.807, 2.05) is 48.5 Å². The molecule has 2 aromatic rings. The summed E-state index contributed by atoms with van der Waals surface area (Å²) in [5.41, 5.74) is 9.38. The number of nitrogens with zero attached hydrogens (tertiary/aromatic N) is 2. The molecule has 0 radical (unpaired) electrons. The van der Waals surface area contributed by atoms with Gasteiger partial charge in [-0.05, 0) is 36.1 Å². The van der Waals surface area contributed by atoms with E-state index < -0.39 is 0 Å². The molecule has 2 rings (SSSR count). The number of hydrogen-bond donors (Lipinski definition) is 2. The van der Waals surface area contributed by atoms with Crippen molar-refractivity contribution in [3.8, 4) is 6.07 Å². The molecule has 2 aromatic carbocycles. The molecule has 4 heteroatoms. The van der Waals surface area contributed by atoms with Crippen LogP contribution in [0.2, 0.25) is 0 Å². The number of benzene rings is 2. The van der Waals surface area contributed by atoms with Crippen LogP contribution in [0.15, 0.2) is 53.7 Å². The molecular formula is C18H21N3O. The molecule has 0 fully saturated rings. The SMILES string of the molecule is CCc1ccc(/C(N)=N/O)cc1.CCc1ccc(C#N)cc1. The molecule has 0 saturated heterocycles. The first-order valence-electron chi connectivity index (χ1n) is 7.20. The van der Waals surface area contributed by atoms with Crippen molar-refractivity contribution in [1.29, 1.82) is 5.26 Å². The Balaban J connectivity index is 0.000000224. The second-order valence-corrected chi connectivity index (χ2v) is 4.70. The number of nitriles is 1. The number of rotatable bonds is 3. The molecule has 22 heavy (non-hydrogen) atoms. The van der Waals surface area contributed by atoms with E-state index in [9.17, 15) is 0 Å². The van der Waals surface area contributed by atoms with Crippen molar-refractivity contribution in [2.24, 2.45) is 10.9 Å². The second kappa shape index (κ2) is 9.19. The number of nitrogens with two attached hydrogens (primary N) is 1. The lowest BCUT2D eigenvalue weighted by atomic mass is 10.1. The monoisotopic (exact) mass is 295 g/mol. The van der Waals surface area contributed by atoms with Crippen LogP contribution in [0.25, 0.3) is 0 Å². The molecular weight excluding hydrogens is 274 g/mol. The average molecular weight is 295 g/mol. The van der Waals surface area contributed by atoms with Gasteiger partial charge >= 0.3 is 0 Å². The van der Waals surface area contributed by atoms with Crippen LogP contribution in [0.4, 0.5) is 0 Å². The molecule has 0 aliphatic rings. The summed E-state index contributed by atoms with van der Waals surface area (Å²) in [6.45, 7) is 4.18. The van der Waals surface area contributed by atoms with Crippen LogP contribution in [0, 0.1) is 11.3 Å². The zero-order valence-electron chi connectivity index (χ0n) is 13.0. The third-order valence-corrected chi connectivity index (χ3v) is 3.26. The quantitative estimate of drug-likeness (QED) is 0.394. The Hall–Kier alpha value is -2.80. The summed E-state index contributed by atoms with van der Waals surface area (Å²) in [5, 5.41) is 19.7. The van der Waals surface area contributed by atoms with Crippen molar-refractivity contribution in [2.45, 2.75) is 26.7 Å². The van der Waals surface area contributed by atoms with Crippen LogP contribution in [-0.4, -0.2) is 11.0 Å². The molecule has 3 N–H and O–H groups in total. The maximum absolute atomic E-state index is 8.45. The van der Waals surface area contributed by atoms with E-state index in [0.717, 1.165) is 24.0 Å². The molecule has 0 bridgehead atoms. The summed E-state index contributed by atoms with van der Waals surface area (Å²) in [7, 11) is 0. The highest BCUT2D eigenvalue weighted by Crippen LogP contribution is 2.04. The number of hydrogen-bond acceptors (Lipinski definition) is 3. The Kier molecular flexibility index (Phi) is 7.21. The van der Waals surface area contributed by atoms with Gasteiger partial charge in [0.15, 0.2) is 5.84 Å². The summed E-state index contributed by atoms with van der Waals surface area (Å²) < 4.78 is 0. The number of amidine groups is 1. The maximum atomic E-state index is 8.45. The first kappa shape index (κ1) is 17.3. The Labute approximate surface area is 131 Å². The van der Waals surface area contributed by atoms with Gasteiger partial charge in [0, 0.05) is 5.56 Å². The summed E-state index contributed by atoms with van der Waals surface area (Å²) in [5.74, 6) is 0.151. The fourth-order valence-corrected chi connectivity index (χ4v) is 1.78. The van der Waals surface area contributed by atoms with Crippen molar-refractivity contribution in [3.05, 3.63) is 70.8 Å². The van der Waals surface area contributed by atoms with Gasteiger partial charge in [-0.1, -0.05) is 55.4 Å². The van der Waals surface area contributed by atoms with Crippen molar-refractivity contribution < 1.29 is 5.21 Å². The van der Waals surface area contributed by atoms with Gasteiger partial charge in [-0.3, -0.25) is 0 Å². The van der Waals surface area contributed by atoms with Gasteiger partial charge in [0.05, 0.1) is 11.6 Å². The number of aryl methyl sites for hydroxylation is 2. The maximum Gasteiger partial charge on any atom is 0.170 e. The standard InChI is InChI=1S/C9H12N2O.C9H9N/c1-2-7-3-5-8(6-4-7)9(10)11-12;1-2-8-3-5-9(7-10)6-4-8/h3-6,12H,2H2,1H3,(H2,10,11);3-6H,2H2,1H3. The molecule has 0 spiro atoms. The largest absolute Gasteiger partial charge is 0.409 e. The summed E-state index contributed by atoms with van der Waals surface area (Å²) >= 11 is 0. The van der Waals surface area contributed by atoms with Crippen LogP contribution < -0.4 is 5.73 Å². The molecule has 0 heterocycles. The Morgan fingerprint density at radius 2 is 1.45 bits per heavy atom. The molecule has 0 aliphatic heterocycles. The van der Waals surface area contributed by atoms with E-state index in [-0.39, 0.29) is 5.84 Å². The molecule has 4 nitrogen and oxygen atoms in total. The second-order valence-electron chi connectivity index (χ2n) is 4.70. The molecule has 0 aliphatic carbocycles. The highest BCUT2D eigenvalue weighted by Gasteiger charge is 1.97. The van der Waals surface area contributed by atoms with E-state index in [1.54, 1.807) is 0 Å². The molecule has 0 unspecified atom stereocenters. The van der Waals surface area contributed by atoms with Crippen LogP contribution in [0.5, 0.6) is 0 Å². The minimum Gasteiger partial charge on any atom is -0.409 e. The summed E-state index contributed by atoms with van der Waals surface area (Å²) in [6.07, 6.45) is 2.03. The van der Waals surface area contributed by atoms with E-state index in [2.05, 4.69) is 25.1 Å². The van der Waals surface area contributed by atoms with Crippen molar-refractivity contribution in [1.82, 2.24) is 0 Å². The van der Waals surface area contributed by atoms with Gasteiger partial charge in [-0.15, -0.1) is 0 Å². The predicted molar refractivity (Wildman–Crippen MR) is 88.9 cm³/mol. The van der Waals surface area contributed by atoms with Gasteiger partial charge in [-0.2, -0.15) is 5.26 Å². The molecule has 114 valence electrons. The number of oxime groups is 1. The van der Waals surface area contributed by atoms with Crippen LogP contribution in [0.1, 0.15) is 36.1 Å². The minimum absolute atomic E-state index is 0.151. The average Bonchev–Trinajstić information content (AvgIpc) is 2.61. The van der Waals surface area contributed by atoms with Gasteiger partial charge in [-0.25, -0.2) is 0 Å². The van der Waals surface area contributed by atoms with Gasteiger partial charge in [0.1, 0.15) is 0 Å². The van der Waals surface area contributed by atoms with E-state index in [1.165, 1.54) is 11.1 Å². The van der Waals surface area contributed by atoms with Crippen molar-refractivity contribution in [2.75, 3.05) is 0 Å². The van der Waals surface area contributed by atoms with E-state index in [0.29, 0.717) is 0 Å². The first-order chi connectivity index (χ1) is 10.6. The van der Waals surface area contributed by atoms with Crippen LogP contribution in [-0.2, 0) is 12.8 Å². The highest BCUT2D eigenvalue weighted by molar-refractivity contribution is 5.96. The zero-order valence-corrected chi connectivity index (χ0v) is 13.0. The summed E-state index contributed by atoms with van der Waals surface area (Å²) in [4.78, 5) is 0. The van der Waals surface area contributed by atoms with Gasteiger partial charge in [0.2, 0.25) is 0 Å². The highest BCUT2D eigenvalue weighted by atomic mass is 16.4. The molecule has 0 aromatic heterocycles. The van der Waals surface area contributed by atoms with Gasteiger partial charge in [0.25, 0.3) is 0 Å². The van der Waals surface area contributed by atoms with E-state index >= 15 is 0 Å². The van der Waals surface area contributed by atoms with E-state index in [4.69, 9.17) is 16.2 Å². The first-order valence-corrected chi connectivity index (χ1v) is 7.20. The van der Waals surface area contributed by atoms with Crippen LogP contribution in [0.3, 0.4) is 0 Å². The summed E-state index contributed by atoms with van der Waals surface area (Å²) in [6, 6.07) is 17.4. The van der Waals surface area contributed by atoms with Gasteiger partial charge < -0.3 is 10.9 Å². The Morgan fingerprint density at radius 1 is 1.00 bits per heavy atom. The third-order valence-electron chi connectivity index (χ3n) is 3.26. The lowest BCUT2D eigenvalue weighted by Crippen LogP contribution is -2.12. The fraction of sp³-hybridized carbons (Fsp3) is 0.222. The fourth-order valence-electron chi connectivity index (χ4n) is 1.78. The normalized spacial score (nSPS) is 10.3. The Bertz CT molecular complexity index is 638. The van der Waals surface area contributed by atoms with Crippen molar-refractivity contribution in [3.63, 3.8) is 0 Å². The topological polar surface area (TPSA) is 82.4 Å². The van der Waals surface area contributed by atoms with Crippen molar-refractivity contribution >= 4 is 5.84 Å². The Morgan fingerprint density at radius 3 is 1.82 bits per heavy atom. The molecule has 0 amide bonds.